The van der Waals surface area contributed by atoms with Gasteiger partial charge < -0.3 is 9.45 Å². The molecule has 2 heterocycles. The molecule has 0 aromatic carbocycles. The number of aromatic nitrogens is 4. The van der Waals surface area contributed by atoms with Gasteiger partial charge in [0.05, 0.1) is 12.9 Å². The summed E-state index contributed by atoms with van der Waals surface area (Å²) in [7, 11) is 3.18. The van der Waals surface area contributed by atoms with Gasteiger partial charge in [-0.1, -0.05) is 0 Å². The summed E-state index contributed by atoms with van der Waals surface area (Å²) in [5.41, 5.74) is -0.565. The fourth-order valence-electron chi connectivity index (χ4n) is 1.73. The Morgan fingerprint density at radius 1 is 1.42 bits per heavy atom. The first-order chi connectivity index (χ1) is 8.99. The minimum Gasteiger partial charge on any atom is -0.328 e. The first-order valence-electron chi connectivity index (χ1n) is 5.60. The zero-order chi connectivity index (χ0) is 14.2. The number of fused-ring (bicyclic) bond motifs is 1. The first-order valence-corrected chi connectivity index (χ1v) is 5.60. The van der Waals surface area contributed by atoms with Crippen LogP contribution in [0.1, 0.15) is 6.92 Å². The van der Waals surface area contributed by atoms with E-state index in [0.29, 0.717) is 5.65 Å². The van der Waals surface area contributed by atoms with E-state index >= 15 is 0 Å². The molecule has 102 valence electrons. The van der Waals surface area contributed by atoms with Gasteiger partial charge in [0.15, 0.2) is 11.2 Å². The molecule has 2 aromatic heterocycles. The van der Waals surface area contributed by atoms with Crippen molar-refractivity contribution in [2.24, 2.45) is 14.1 Å². The molecule has 0 saturated heterocycles. The largest absolute Gasteiger partial charge is 0.339 e. The SMILES string of the molecule is C=C(OOCC)n1c(=O)c2c(ncn2C)n(C)c1=O. The van der Waals surface area contributed by atoms with Crippen molar-refractivity contribution < 1.29 is 9.78 Å². The third-order valence-corrected chi connectivity index (χ3v) is 2.64. The third-order valence-electron chi connectivity index (χ3n) is 2.64. The van der Waals surface area contributed by atoms with Crippen LogP contribution >= 0.6 is 0 Å². The number of imidazole rings is 1. The van der Waals surface area contributed by atoms with E-state index < -0.39 is 11.2 Å². The fourth-order valence-corrected chi connectivity index (χ4v) is 1.73. The summed E-state index contributed by atoms with van der Waals surface area (Å²) in [5.74, 6) is -0.185. The highest BCUT2D eigenvalue weighted by molar-refractivity contribution is 5.70. The monoisotopic (exact) mass is 266 g/mol. The minimum atomic E-state index is -0.596. The summed E-state index contributed by atoms with van der Waals surface area (Å²) in [5, 5.41) is 0. The highest BCUT2D eigenvalue weighted by Gasteiger charge is 2.17. The van der Waals surface area contributed by atoms with Crippen LogP contribution in [0.4, 0.5) is 0 Å². The molecule has 2 aromatic rings. The maximum absolute atomic E-state index is 12.3. The second-order valence-corrected chi connectivity index (χ2v) is 3.89. The summed E-state index contributed by atoms with van der Waals surface area (Å²) in [6.07, 6.45) is 1.46. The van der Waals surface area contributed by atoms with E-state index in [9.17, 15) is 9.59 Å². The van der Waals surface area contributed by atoms with Crippen molar-refractivity contribution in [2.75, 3.05) is 6.61 Å². The standard InChI is InChI=1S/C11H14N4O4/c1-5-18-19-7(2)15-10(16)8-9(12-6-13(8)3)14(4)11(15)17/h6H,2,5H2,1,3-4H3. The maximum Gasteiger partial charge on any atom is 0.339 e. The summed E-state index contributed by atoms with van der Waals surface area (Å²) in [4.78, 5) is 37.9. The molecular weight excluding hydrogens is 252 g/mol. The van der Waals surface area contributed by atoms with Crippen LogP contribution in [-0.4, -0.2) is 25.3 Å². The van der Waals surface area contributed by atoms with E-state index in [1.54, 1.807) is 14.0 Å². The number of hydrogen-bond donors (Lipinski definition) is 0. The lowest BCUT2D eigenvalue weighted by atomic mass is 10.5. The molecule has 19 heavy (non-hydrogen) atoms. The molecule has 0 unspecified atom stereocenters. The first kappa shape index (κ1) is 13.1. The molecule has 0 atom stereocenters. The van der Waals surface area contributed by atoms with Gasteiger partial charge in [0, 0.05) is 14.1 Å². The molecule has 0 spiro atoms. The van der Waals surface area contributed by atoms with Crippen LogP contribution in [0.5, 0.6) is 0 Å². The van der Waals surface area contributed by atoms with Crippen LogP contribution in [-0.2, 0) is 23.9 Å². The van der Waals surface area contributed by atoms with E-state index in [4.69, 9.17) is 9.78 Å². The van der Waals surface area contributed by atoms with Crippen molar-refractivity contribution in [3.63, 3.8) is 0 Å². The quantitative estimate of drug-likeness (QED) is 0.436. The van der Waals surface area contributed by atoms with Crippen LogP contribution < -0.4 is 11.2 Å². The molecule has 0 fully saturated rings. The Balaban J connectivity index is 2.74. The second kappa shape index (κ2) is 4.73. The van der Waals surface area contributed by atoms with Gasteiger partial charge in [0.2, 0.25) is 5.88 Å². The Labute approximate surface area is 108 Å². The maximum atomic E-state index is 12.3. The average Bonchev–Trinajstić information content (AvgIpc) is 2.76. The lowest BCUT2D eigenvalue weighted by Gasteiger charge is -2.10. The molecule has 0 aliphatic heterocycles. The molecule has 0 saturated carbocycles. The highest BCUT2D eigenvalue weighted by Crippen LogP contribution is 2.05. The molecule has 2 rings (SSSR count). The van der Waals surface area contributed by atoms with Crippen molar-refractivity contribution >= 4 is 17.0 Å². The molecule has 8 nitrogen and oxygen atoms in total. The molecule has 0 N–H and O–H groups in total. The van der Waals surface area contributed by atoms with Gasteiger partial charge in [-0.05, 0) is 13.5 Å². The number of nitrogens with zero attached hydrogens (tertiary/aromatic N) is 4. The summed E-state index contributed by atoms with van der Waals surface area (Å²) in [6.45, 7) is 5.49. The van der Waals surface area contributed by atoms with Crippen molar-refractivity contribution in [2.45, 2.75) is 6.92 Å². The van der Waals surface area contributed by atoms with Gasteiger partial charge in [-0.3, -0.25) is 9.36 Å². The van der Waals surface area contributed by atoms with E-state index in [2.05, 4.69) is 11.6 Å². The number of aryl methyl sites for hydroxylation is 2. The van der Waals surface area contributed by atoms with Crippen LogP contribution in [0.25, 0.3) is 17.0 Å². The van der Waals surface area contributed by atoms with E-state index in [0.717, 1.165) is 4.57 Å². The molecule has 0 amide bonds. The summed E-state index contributed by atoms with van der Waals surface area (Å²) >= 11 is 0. The van der Waals surface area contributed by atoms with E-state index in [1.807, 2.05) is 0 Å². The van der Waals surface area contributed by atoms with Gasteiger partial charge in [-0.25, -0.2) is 9.78 Å². The van der Waals surface area contributed by atoms with Crippen molar-refractivity contribution in [3.8, 4) is 0 Å². The lowest BCUT2D eigenvalue weighted by Crippen LogP contribution is -2.39. The van der Waals surface area contributed by atoms with Gasteiger partial charge >= 0.3 is 5.69 Å². The lowest BCUT2D eigenvalue weighted by molar-refractivity contribution is -0.235. The molecule has 0 bridgehead atoms. The number of rotatable bonds is 4. The van der Waals surface area contributed by atoms with Gasteiger partial charge in [0.25, 0.3) is 5.56 Å². The smallest absolute Gasteiger partial charge is 0.328 e. The Kier molecular flexibility index (Phi) is 3.26. The Morgan fingerprint density at radius 3 is 2.74 bits per heavy atom. The average molecular weight is 266 g/mol. The van der Waals surface area contributed by atoms with Gasteiger partial charge in [-0.2, -0.15) is 9.45 Å². The Hall–Kier alpha value is -2.35. The Bertz CT molecular complexity index is 752. The summed E-state index contributed by atoms with van der Waals surface area (Å²) < 4.78 is 3.58. The summed E-state index contributed by atoms with van der Waals surface area (Å²) in [6, 6.07) is 0. The molecule has 0 radical (unpaired) electrons. The molecular formula is C11H14N4O4. The zero-order valence-electron chi connectivity index (χ0n) is 10.9. The normalized spacial score (nSPS) is 10.9. The van der Waals surface area contributed by atoms with Crippen LogP contribution in [0, 0.1) is 0 Å². The van der Waals surface area contributed by atoms with Gasteiger partial charge in [-0.15, -0.1) is 0 Å². The third kappa shape index (κ3) is 1.95. The highest BCUT2D eigenvalue weighted by atomic mass is 17.2. The van der Waals surface area contributed by atoms with Crippen molar-refractivity contribution in [1.82, 2.24) is 18.7 Å². The van der Waals surface area contributed by atoms with Crippen molar-refractivity contribution in [3.05, 3.63) is 33.7 Å². The Morgan fingerprint density at radius 2 is 2.11 bits per heavy atom. The van der Waals surface area contributed by atoms with Gasteiger partial charge in [0.1, 0.15) is 0 Å². The van der Waals surface area contributed by atoms with E-state index in [1.165, 1.54) is 22.5 Å². The van der Waals surface area contributed by atoms with Crippen LogP contribution in [0.3, 0.4) is 0 Å². The van der Waals surface area contributed by atoms with Crippen LogP contribution in [0.2, 0.25) is 0 Å². The molecule has 8 heteroatoms. The molecule has 0 aliphatic rings. The van der Waals surface area contributed by atoms with E-state index in [-0.39, 0.29) is 18.0 Å². The second-order valence-electron chi connectivity index (χ2n) is 3.89. The van der Waals surface area contributed by atoms with Crippen molar-refractivity contribution in [1.29, 1.82) is 0 Å². The molecule has 0 aliphatic carbocycles. The predicted octanol–water partition coefficient (Wildman–Crippen LogP) is -0.170. The zero-order valence-corrected chi connectivity index (χ0v) is 10.9. The van der Waals surface area contributed by atoms with Crippen LogP contribution in [0.15, 0.2) is 22.5 Å². The fraction of sp³-hybridized carbons (Fsp3) is 0.364. The predicted molar refractivity (Wildman–Crippen MR) is 68.3 cm³/mol. The number of hydrogen-bond acceptors (Lipinski definition) is 5. The minimum absolute atomic E-state index is 0.185. The topological polar surface area (TPSA) is 80.3 Å².